The minimum Gasteiger partial charge on any atom is -0.418 e. The van der Waals surface area contributed by atoms with Gasteiger partial charge in [-0.05, 0) is 19.3 Å². The van der Waals surface area contributed by atoms with Gasteiger partial charge >= 0.3 is 8.68 Å². The van der Waals surface area contributed by atoms with Crippen LogP contribution < -0.4 is 0 Å². The summed E-state index contributed by atoms with van der Waals surface area (Å²) in [5, 5.41) is 2.18. The Balaban J connectivity index is 0. The highest BCUT2D eigenvalue weighted by Gasteiger charge is 2.20. The topological polar surface area (TPSA) is 3.24 Å². The molecule has 0 saturated carbocycles. The number of hydrogen-bond acceptors (Lipinski definition) is 2. The SMILES string of the molecule is CCN1C(C)=CSC1Br.F[B-](F)(F)F.[H+]. The van der Waals surface area contributed by atoms with E-state index in [9.17, 15) is 17.3 Å². The molecule has 1 aliphatic rings. The van der Waals surface area contributed by atoms with Crippen LogP contribution in [0.4, 0.5) is 17.3 Å². The molecule has 0 aliphatic carbocycles. The van der Waals surface area contributed by atoms with Crippen LogP contribution in [0.2, 0.25) is 0 Å². The number of thioether (sulfide) groups is 1. The zero-order valence-electron chi connectivity index (χ0n) is 8.68. The van der Waals surface area contributed by atoms with E-state index in [2.05, 4.69) is 40.1 Å². The Hall–Kier alpha value is 0.155. The monoisotopic (exact) mass is 295 g/mol. The molecule has 0 spiro atoms. The van der Waals surface area contributed by atoms with Gasteiger partial charge in [0.25, 0.3) is 0 Å². The van der Waals surface area contributed by atoms with Crippen molar-refractivity contribution in [3.8, 4) is 0 Å². The van der Waals surface area contributed by atoms with Crippen molar-refractivity contribution in [1.82, 2.24) is 4.90 Å². The molecule has 0 fully saturated rings. The van der Waals surface area contributed by atoms with E-state index in [4.69, 9.17) is 0 Å². The van der Waals surface area contributed by atoms with Crippen molar-refractivity contribution in [2.24, 2.45) is 0 Å². The van der Waals surface area contributed by atoms with Gasteiger partial charge in [-0.2, -0.15) is 0 Å². The van der Waals surface area contributed by atoms with E-state index in [1.165, 1.54) is 5.70 Å². The van der Waals surface area contributed by atoms with Crippen LogP contribution in [-0.2, 0) is 0 Å². The molecule has 0 aromatic rings. The fourth-order valence-electron chi connectivity index (χ4n) is 0.849. The lowest BCUT2D eigenvalue weighted by Crippen LogP contribution is -2.22. The van der Waals surface area contributed by atoms with Gasteiger partial charge in [-0.25, -0.2) is 0 Å². The molecule has 8 heteroatoms. The molecule has 0 amide bonds. The summed E-state index contributed by atoms with van der Waals surface area (Å²) in [6.45, 7) is 5.39. The number of halogens is 5. The lowest BCUT2D eigenvalue weighted by atomic mass is 10.3. The Morgan fingerprint density at radius 2 is 2.00 bits per heavy atom. The Morgan fingerprint density at radius 3 is 2.14 bits per heavy atom. The maximum absolute atomic E-state index is 9.75. The van der Waals surface area contributed by atoms with Crippen molar-refractivity contribution >= 4 is 34.9 Å². The third-order valence-corrected chi connectivity index (χ3v) is 3.49. The van der Waals surface area contributed by atoms with Crippen LogP contribution in [0.25, 0.3) is 0 Å². The molecule has 0 saturated heterocycles. The third kappa shape index (κ3) is 6.59. The molecule has 1 unspecified atom stereocenters. The molecule has 0 aromatic carbocycles. The highest BCUT2D eigenvalue weighted by molar-refractivity contribution is 9.11. The highest BCUT2D eigenvalue weighted by atomic mass is 79.9. The van der Waals surface area contributed by atoms with E-state index in [1.807, 2.05) is 11.8 Å². The van der Waals surface area contributed by atoms with E-state index >= 15 is 0 Å². The molecule has 1 nitrogen and oxygen atoms in total. The van der Waals surface area contributed by atoms with Crippen molar-refractivity contribution in [2.75, 3.05) is 6.54 Å². The van der Waals surface area contributed by atoms with Gasteiger partial charge in [0.2, 0.25) is 0 Å². The molecule has 0 radical (unpaired) electrons. The first-order valence-electron chi connectivity index (χ1n) is 3.86. The number of nitrogens with zero attached hydrogens (tertiary/aromatic N) is 1. The van der Waals surface area contributed by atoms with Gasteiger partial charge in [0.05, 0.1) is 0 Å². The number of alkyl halides is 1. The molecule has 14 heavy (non-hydrogen) atoms. The van der Waals surface area contributed by atoms with Crippen LogP contribution in [0, 0.1) is 0 Å². The van der Waals surface area contributed by atoms with Crippen molar-refractivity contribution < 1.29 is 18.7 Å². The van der Waals surface area contributed by atoms with Gasteiger partial charge in [-0.3, -0.25) is 0 Å². The normalized spacial score (nSPS) is 21.5. The first-order chi connectivity index (χ1) is 6.25. The molecule has 1 aliphatic heterocycles. The molecule has 1 atom stereocenters. The largest absolute Gasteiger partial charge is 1.00 e. The number of allylic oxidation sites excluding steroid dienone is 1. The minimum absolute atomic E-state index is 0. The lowest BCUT2D eigenvalue weighted by Gasteiger charge is -2.20. The maximum atomic E-state index is 9.75. The summed E-state index contributed by atoms with van der Waals surface area (Å²) in [7, 11) is -6.00. The summed E-state index contributed by atoms with van der Waals surface area (Å²) in [5.74, 6) is 0. The predicted octanol–water partition coefficient (Wildman–Crippen LogP) is 4.01. The third-order valence-electron chi connectivity index (χ3n) is 1.39. The first kappa shape index (κ1) is 14.2. The lowest BCUT2D eigenvalue weighted by molar-refractivity contribution is 0.368. The molecular weight excluding hydrogens is 285 g/mol. The Bertz CT molecular complexity index is 210. The maximum Gasteiger partial charge on any atom is 1.00 e. The van der Waals surface area contributed by atoms with Crippen LogP contribution in [0.5, 0.6) is 0 Å². The quantitative estimate of drug-likeness (QED) is 0.311. The highest BCUT2D eigenvalue weighted by Crippen LogP contribution is 2.33. The fourth-order valence-corrected chi connectivity index (χ4v) is 2.69. The smallest absolute Gasteiger partial charge is 0.418 e. The van der Waals surface area contributed by atoms with E-state index in [0.717, 1.165) is 6.54 Å². The standard InChI is InChI=1S/C6H10BrNS.BF4/c1-3-8-5(2)4-9-6(8)7;2-1(3,4)5/h4,6H,3H2,1-2H3;/q;-1/p+1. The van der Waals surface area contributed by atoms with Crippen LogP contribution in [0.1, 0.15) is 15.3 Å². The van der Waals surface area contributed by atoms with Gasteiger partial charge < -0.3 is 22.2 Å². The van der Waals surface area contributed by atoms with Gasteiger partial charge in [0, 0.05) is 12.2 Å². The summed E-state index contributed by atoms with van der Waals surface area (Å²) in [6.07, 6.45) is 0. The van der Waals surface area contributed by atoms with Crippen LogP contribution in [0.15, 0.2) is 11.1 Å². The summed E-state index contributed by atoms with van der Waals surface area (Å²) >= 11 is 5.36. The van der Waals surface area contributed by atoms with Gasteiger partial charge in [-0.15, -0.1) is 0 Å². The molecule has 0 N–H and O–H groups in total. The van der Waals surface area contributed by atoms with E-state index in [1.54, 1.807) is 0 Å². The van der Waals surface area contributed by atoms with E-state index in [-0.39, 0.29) is 1.43 Å². The second kappa shape index (κ2) is 5.90. The number of hydrogen-bond donors (Lipinski definition) is 0. The Kier molecular flexibility index (Phi) is 5.96. The van der Waals surface area contributed by atoms with Crippen LogP contribution in [0.3, 0.4) is 0 Å². The van der Waals surface area contributed by atoms with Crippen molar-refractivity contribution in [3.63, 3.8) is 0 Å². The number of rotatable bonds is 1. The van der Waals surface area contributed by atoms with E-state index in [0.29, 0.717) is 4.28 Å². The van der Waals surface area contributed by atoms with Gasteiger partial charge in [0.1, 0.15) is 4.28 Å². The summed E-state index contributed by atoms with van der Waals surface area (Å²) in [5.41, 5.74) is 1.37. The van der Waals surface area contributed by atoms with Gasteiger partial charge in [0.15, 0.2) is 0 Å². The Labute approximate surface area is 94.6 Å². The summed E-state index contributed by atoms with van der Waals surface area (Å²) in [6, 6.07) is 0. The molecule has 0 aromatic heterocycles. The van der Waals surface area contributed by atoms with Crippen LogP contribution in [-0.4, -0.2) is 23.0 Å². The molecule has 1 rings (SSSR count). The second-order valence-electron chi connectivity index (χ2n) is 2.47. The Morgan fingerprint density at radius 1 is 1.57 bits per heavy atom. The molecule has 0 bridgehead atoms. The average molecular weight is 296 g/mol. The molecular formula is C6H11BBrF4NS. The predicted molar refractivity (Wildman–Crippen MR) is 57.7 cm³/mol. The van der Waals surface area contributed by atoms with Gasteiger partial charge in [-0.1, -0.05) is 27.7 Å². The van der Waals surface area contributed by atoms with E-state index < -0.39 is 7.25 Å². The summed E-state index contributed by atoms with van der Waals surface area (Å²) < 4.78 is 39.5. The van der Waals surface area contributed by atoms with Crippen molar-refractivity contribution in [3.05, 3.63) is 11.1 Å². The van der Waals surface area contributed by atoms with Crippen molar-refractivity contribution in [2.45, 2.75) is 18.1 Å². The fraction of sp³-hybridized carbons (Fsp3) is 0.667. The minimum atomic E-state index is -6.00. The van der Waals surface area contributed by atoms with Crippen molar-refractivity contribution in [1.29, 1.82) is 0 Å². The zero-order valence-corrected chi connectivity index (χ0v) is 10.1. The molecule has 84 valence electrons. The summed E-state index contributed by atoms with van der Waals surface area (Å²) in [4.78, 5) is 2.31. The molecule has 1 heterocycles. The first-order valence-corrected chi connectivity index (χ1v) is 5.71. The second-order valence-corrected chi connectivity index (χ2v) is 4.90. The van der Waals surface area contributed by atoms with Crippen LogP contribution >= 0.6 is 27.7 Å². The average Bonchev–Trinajstić information content (AvgIpc) is 2.27. The zero-order chi connectivity index (χ0) is 11.4.